The third-order valence-corrected chi connectivity index (χ3v) is 27.6. The Morgan fingerprint density at radius 1 is 0.0867 bits per heavy atom. The van der Waals surface area contributed by atoms with Crippen molar-refractivity contribution in [2.24, 2.45) is 0 Å². The third kappa shape index (κ3) is 25.4. The van der Waals surface area contributed by atoms with Gasteiger partial charge in [0.25, 0.3) is 0 Å². The quantitative estimate of drug-likeness (QED) is 0.0803. The number of rotatable bonds is 18. The van der Waals surface area contributed by atoms with Crippen molar-refractivity contribution in [3.8, 4) is 200 Å². The molecule has 0 N–H and O–H groups in total. The zero-order valence-electron chi connectivity index (χ0n) is 85.9. The van der Waals surface area contributed by atoms with Crippen LogP contribution in [0.5, 0.6) is 0 Å². The van der Waals surface area contributed by atoms with Crippen LogP contribution in [0.3, 0.4) is 0 Å². The Morgan fingerprint density at radius 2 is 0.260 bits per heavy atom. The number of hydrogen-bond acceptors (Lipinski definition) is 0. The van der Waals surface area contributed by atoms with Crippen LogP contribution in [0.1, 0.15) is 33.4 Å². The van der Waals surface area contributed by atoms with Gasteiger partial charge in [-0.05, 0) is 313 Å². The van der Waals surface area contributed by atoms with Gasteiger partial charge in [0.1, 0.15) is 0 Å². The summed E-state index contributed by atoms with van der Waals surface area (Å²) in [6.07, 6.45) is 0. The van der Waals surface area contributed by atoms with Gasteiger partial charge in [0.2, 0.25) is 0 Å². The van der Waals surface area contributed by atoms with E-state index < -0.39 is 0 Å². The molecule has 24 aromatic carbocycles. The lowest BCUT2D eigenvalue weighted by molar-refractivity contribution is 1.44. The molecular weight excluding hydrogens is 1800 g/mol. The van der Waals surface area contributed by atoms with Crippen LogP contribution < -0.4 is 0 Å². The highest BCUT2D eigenvalue weighted by Crippen LogP contribution is 2.45. The molecule has 0 nitrogen and oxygen atoms in total. The van der Waals surface area contributed by atoms with E-state index in [4.69, 9.17) is 0 Å². The smallest absolute Gasteiger partial charge is 0.00757 e. The van der Waals surface area contributed by atoms with Crippen LogP contribution in [0, 0.1) is 41.5 Å². The monoisotopic (exact) mass is 1920 g/mol. The lowest BCUT2D eigenvalue weighted by atomic mass is 9.88. The molecule has 720 valence electrons. The van der Waals surface area contributed by atoms with Gasteiger partial charge in [0.15, 0.2) is 0 Å². The molecule has 0 saturated heterocycles. The minimum absolute atomic E-state index is 1.24. The van der Waals surface area contributed by atoms with Gasteiger partial charge in [-0.2, -0.15) is 0 Å². The molecule has 24 aromatic rings. The molecular formula is C150H120. The fourth-order valence-electron chi connectivity index (χ4n) is 19.6. The van der Waals surface area contributed by atoms with Crippen molar-refractivity contribution in [1.82, 2.24) is 0 Å². The Morgan fingerprint density at radius 3 is 0.553 bits per heavy atom. The van der Waals surface area contributed by atoms with Crippen molar-refractivity contribution in [3.05, 3.63) is 652 Å². The molecule has 24 rings (SSSR count). The summed E-state index contributed by atoms with van der Waals surface area (Å²) >= 11 is 0. The van der Waals surface area contributed by atoms with E-state index >= 15 is 0 Å². The van der Waals surface area contributed by atoms with Crippen LogP contribution in [-0.4, -0.2) is 0 Å². The van der Waals surface area contributed by atoms with Crippen LogP contribution in [0.2, 0.25) is 0 Å². The molecule has 0 atom stereocenters. The summed E-state index contributed by atoms with van der Waals surface area (Å²) in [5, 5.41) is 0. The van der Waals surface area contributed by atoms with Gasteiger partial charge < -0.3 is 0 Å². The minimum atomic E-state index is 1.24. The summed E-state index contributed by atoms with van der Waals surface area (Å²) in [6, 6.07) is 220. The Kier molecular flexibility index (Phi) is 33.1. The third-order valence-electron chi connectivity index (χ3n) is 27.6. The topological polar surface area (TPSA) is 0 Å². The van der Waals surface area contributed by atoms with Crippen LogP contribution >= 0.6 is 0 Å². The predicted molar refractivity (Wildman–Crippen MR) is 645 cm³/mol. The molecule has 0 heterocycles. The Labute approximate surface area is 887 Å². The first-order valence-electron chi connectivity index (χ1n) is 51.8. The van der Waals surface area contributed by atoms with E-state index in [2.05, 4.69) is 660 Å². The van der Waals surface area contributed by atoms with Gasteiger partial charge in [-0.15, -0.1) is 0 Å². The zero-order chi connectivity index (χ0) is 102. The van der Waals surface area contributed by atoms with Gasteiger partial charge in [-0.1, -0.05) is 581 Å². The second kappa shape index (κ2) is 49.7. The number of benzene rings is 24. The highest BCUT2D eigenvalue weighted by atomic mass is 14.2. The summed E-state index contributed by atoms with van der Waals surface area (Å²) in [5.74, 6) is 0. The highest BCUT2D eigenvalue weighted by molar-refractivity contribution is 5.94. The maximum Gasteiger partial charge on any atom is -0.00757 e. The Hall–Kier alpha value is -18.7. The number of hydrogen-bond donors (Lipinski definition) is 0. The number of aryl methyl sites for hydroxylation is 5. The maximum atomic E-state index is 2.34. The largest absolute Gasteiger partial charge is 0.0622 e. The predicted octanol–water partition coefficient (Wildman–Crippen LogP) is 42.0. The zero-order valence-corrected chi connectivity index (χ0v) is 85.9. The van der Waals surface area contributed by atoms with Crippen molar-refractivity contribution in [3.63, 3.8) is 0 Å². The van der Waals surface area contributed by atoms with E-state index in [-0.39, 0.29) is 0 Å². The van der Waals surface area contributed by atoms with E-state index in [0.717, 1.165) is 0 Å². The van der Waals surface area contributed by atoms with Gasteiger partial charge >= 0.3 is 0 Å². The van der Waals surface area contributed by atoms with E-state index in [1.54, 1.807) is 0 Å². The molecule has 0 saturated carbocycles. The molecule has 0 aliphatic rings. The molecule has 0 unspecified atom stereocenters. The lowest BCUT2D eigenvalue weighted by Crippen LogP contribution is -1.91. The first-order valence-corrected chi connectivity index (χ1v) is 51.8. The van der Waals surface area contributed by atoms with E-state index in [0.29, 0.717) is 0 Å². The average molecular weight is 1920 g/mol. The molecule has 0 spiro atoms. The molecule has 0 bridgehead atoms. The SMILES string of the molecule is Cc1c(-c2ccccc2)cc(-c2ccccc2)cc1-c1ccccc1.Cc1cc(-c2ccccc2)c(-c2ccccc2)cc1-c1ccccc1.Cc1cc(-c2ccccc2)cc(-c2ccccc2)c1-c1ccccc1.Cc1ccc(-c2cc(-c3ccccc3)cc(-c3ccccc3)c2)cc1.Cc1ccc(-c2ccc(-c3ccccc3)c(-c3ccccc3)c2)cc1.Cc1ccc(-c2ccc(-c3ccccc3)cc2-c2ccccc2)cc1. The van der Waals surface area contributed by atoms with Crippen LogP contribution in [0.4, 0.5) is 0 Å². The minimum Gasteiger partial charge on any atom is -0.0622 e. The van der Waals surface area contributed by atoms with Gasteiger partial charge in [0, 0.05) is 0 Å². The first-order chi connectivity index (χ1) is 73.9. The van der Waals surface area contributed by atoms with Gasteiger partial charge in [-0.3, -0.25) is 0 Å². The van der Waals surface area contributed by atoms with Crippen molar-refractivity contribution in [1.29, 1.82) is 0 Å². The van der Waals surface area contributed by atoms with Crippen LogP contribution in [-0.2, 0) is 0 Å². The molecule has 0 aliphatic heterocycles. The molecule has 0 fully saturated rings. The second-order valence-electron chi connectivity index (χ2n) is 38.0. The van der Waals surface area contributed by atoms with Gasteiger partial charge in [-0.25, -0.2) is 0 Å². The Bertz CT molecular complexity index is 8290. The van der Waals surface area contributed by atoms with E-state index in [9.17, 15) is 0 Å². The highest BCUT2D eigenvalue weighted by Gasteiger charge is 2.20. The molecule has 0 heteroatoms. The maximum absolute atomic E-state index is 2.34. The average Bonchev–Trinajstić information content (AvgIpc) is 0.784. The van der Waals surface area contributed by atoms with Crippen molar-refractivity contribution in [2.75, 3.05) is 0 Å². The molecule has 0 radical (unpaired) electrons. The van der Waals surface area contributed by atoms with Crippen LogP contribution in [0.15, 0.2) is 619 Å². The van der Waals surface area contributed by atoms with Crippen molar-refractivity contribution >= 4 is 0 Å². The lowest BCUT2D eigenvalue weighted by Gasteiger charge is -2.16. The first kappa shape index (κ1) is 100.0. The second-order valence-corrected chi connectivity index (χ2v) is 38.0. The normalized spacial score (nSPS) is 10.6. The fraction of sp³-hybridized carbons (Fsp3) is 0.0400. The fourth-order valence-corrected chi connectivity index (χ4v) is 19.6. The molecule has 0 amide bonds. The van der Waals surface area contributed by atoms with Crippen molar-refractivity contribution < 1.29 is 0 Å². The standard InChI is InChI=1S/6C25H20/c1-19-24(21-13-7-3-8-14-21)17-23(20-11-5-2-6-12-20)18-25(19)22-15-9-4-10-16-22;1-19-17-24(21-13-7-3-8-14-21)25(22-15-9-4-10-16-22)18-23(19)20-11-5-2-6-12-20;1-19-17-23(20-11-5-2-6-12-20)18-24(21-13-7-3-8-14-21)25(19)22-15-9-4-10-16-22;1-19-12-14-22(15-13-19)25-17-23(20-8-4-2-5-9-20)16-24(18-25)21-10-6-3-7-11-21;1-19-12-14-20(15-13-19)23-16-17-24(21-8-4-2-5-9-21)25(18-23)22-10-6-3-7-11-22;1-19-12-14-22(15-13-19)24-17-16-23(20-8-4-2-5-9-20)18-25(24)21-10-6-3-7-11-21/h6*2-18H,1H3. The summed E-state index contributed by atoms with van der Waals surface area (Å²) in [5.41, 5.74) is 53.1. The van der Waals surface area contributed by atoms with Crippen molar-refractivity contribution in [2.45, 2.75) is 41.5 Å². The molecule has 0 aliphatic carbocycles. The molecule has 150 heavy (non-hydrogen) atoms. The van der Waals surface area contributed by atoms with E-state index in [1.165, 1.54) is 234 Å². The van der Waals surface area contributed by atoms with Crippen LogP contribution in [0.25, 0.3) is 200 Å². The summed E-state index contributed by atoms with van der Waals surface area (Å²) < 4.78 is 0. The summed E-state index contributed by atoms with van der Waals surface area (Å²) in [7, 11) is 0. The van der Waals surface area contributed by atoms with E-state index in [1.807, 2.05) is 0 Å². The summed E-state index contributed by atoms with van der Waals surface area (Å²) in [6.45, 7) is 13.0. The summed E-state index contributed by atoms with van der Waals surface area (Å²) in [4.78, 5) is 0. The Balaban J connectivity index is 0.000000113. The molecule has 0 aromatic heterocycles. The van der Waals surface area contributed by atoms with Gasteiger partial charge in [0.05, 0.1) is 0 Å².